The van der Waals surface area contributed by atoms with Gasteiger partial charge in [0.05, 0.1) is 22.9 Å². The number of rotatable bonds is 6. The maximum Gasteiger partial charge on any atom is 0.174 e. The molecule has 0 fully saturated rings. The van der Waals surface area contributed by atoms with E-state index >= 15 is 0 Å². The average Bonchev–Trinajstić information content (AvgIpc) is 3.31. The van der Waals surface area contributed by atoms with Gasteiger partial charge in [-0.05, 0) is 38.1 Å². The van der Waals surface area contributed by atoms with Gasteiger partial charge < -0.3 is 0 Å². The Hall–Kier alpha value is -2.95. The lowest BCUT2D eigenvalue weighted by Crippen LogP contribution is -2.13. The molecule has 1 atom stereocenters. The number of hydrogen-bond donors (Lipinski definition) is 0. The second kappa shape index (κ2) is 8.19. The second-order valence-electron chi connectivity index (χ2n) is 6.70. The summed E-state index contributed by atoms with van der Waals surface area (Å²) in [6.07, 6.45) is 0. The number of aryl methyl sites for hydroxylation is 2. The Bertz CT molecular complexity index is 1220. The molecule has 4 rings (SSSR count). The molecule has 2 heterocycles. The Morgan fingerprint density at radius 2 is 1.93 bits per heavy atom. The Balaban J connectivity index is 1.64. The molecule has 5 nitrogen and oxygen atoms in total. The van der Waals surface area contributed by atoms with Crippen LogP contribution < -0.4 is 0 Å². The average molecular weight is 419 g/mol. The Morgan fingerprint density at radius 3 is 2.62 bits per heavy atom. The zero-order chi connectivity index (χ0) is 20.4. The van der Waals surface area contributed by atoms with Crippen molar-refractivity contribution < 1.29 is 4.79 Å². The second-order valence-corrected chi connectivity index (χ2v) is 8.53. The SMILES string of the molecule is Cc1ccc(-n2c(SCC(=O)C(C#N)c3nc(C)cs3)nc3ccccc32)cc1. The molecule has 4 aromatic rings. The lowest BCUT2D eigenvalue weighted by atomic mass is 10.1. The summed E-state index contributed by atoms with van der Waals surface area (Å²) < 4.78 is 2.06. The fourth-order valence-electron chi connectivity index (χ4n) is 3.03. The summed E-state index contributed by atoms with van der Waals surface area (Å²) in [4.78, 5) is 21.8. The number of para-hydroxylation sites is 2. The lowest BCUT2D eigenvalue weighted by Gasteiger charge is -2.10. The zero-order valence-corrected chi connectivity index (χ0v) is 17.6. The highest BCUT2D eigenvalue weighted by atomic mass is 32.2. The normalized spacial score (nSPS) is 12.0. The summed E-state index contributed by atoms with van der Waals surface area (Å²) in [6, 6.07) is 18.2. The summed E-state index contributed by atoms with van der Waals surface area (Å²) in [6.45, 7) is 3.91. The van der Waals surface area contributed by atoms with Gasteiger partial charge in [-0.25, -0.2) is 9.97 Å². The van der Waals surface area contributed by atoms with Crippen molar-refractivity contribution in [3.63, 3.8) is 0 Å². The molecule has 0 aliphatic carbocycles. The minimum Gasteiger partial charge on any atom is -0.297 e. The van der Waals surface area contributed by atoms with Crippen LogP contribution in [0.2, 0.25) is 0 Å². The summed E-state index contributed by atoms with van der Waals surface area (Å²) in [5, 5.41) is 12.6. The first-order valence-corrected chi connectivity index (χ1v) is 10.9. The van der Waals surface area contributed by atoms with Gasteiger partial charge in [0.1, 0.15) is 5.01 Å². The summed E-state index contributed by atoms with van der Waals surface area (Å²) in [5.41, 5.74) is 4.85. The van der Waals surface area contributed by atoms with E-state index in [9.17, 15) is 10.1 Å². The van der Waals surface area contributed by atoms with Crippen LogP contribution in [0.4, 0.5) is 0 Å². The molecule has 0 N–H and O–H groups in total. The molecule has 2 aromatic carbocycles. The molecule has 144 valence electrons. The zero-order valence-electron chi connectivity index (χ0n) is 16.0. The van der Waals surface area contributed by atoms with Crippen molar-refractivity contribution >= 4 is 39.9 Å². The van der Waals surface area contributed by atoms with Gasteiger partial charge in [-0.2, -0.15) is 5.26 Å². The molecular formula is C22H18N4OS2. The fourth-order valence-corrected chi connectivity index (χ4v) is 4.83. The molecule has 2 aromatic heterocycles. The first kappa shape index (κ1) is 19.4. The third-order valence-corrected chi connectivity index (χ3v) is 6.49. The first-order chi connectivity index (χ1) is 14.1. The van der Waals surface area contributed by atoms with E-state index in [4.69, 9.17) is 4.98 Å². The minimum absolute atomic E-state index is 0.158. The van der Waals surface area contributed by atoms with Crippen molar-refractivity contribution in [1.82, 2.24) is 14.5 Å². The van der Waals surface area contributed by atoms with Crippen LogP contribution >= 0.6 is 23.1 Å². The van der Waals surface area contributed by atoms with E-state index in [0.29, 0.717) is 5.01 Å². The number of benzene rings is 2. The van der Waals surface area contributed by atoms with Crippen LogP contribution in [0.25, 0.3) is 16.7 Å². The lowest BCUT2D eigenvalue weighted by molar-refractivity contribution is -0.116. The molecule has 1 unspecified atom stereocenters. The number of carbonyl (C=O) groups excluding carboxylic acids is 1. The molecule has 29 heavy (non-hydrogen) atoms. The number of thioether (sulfide) groups is 1. The largest absolute Gasteiger partial charge is 0.297 e. The number of thiazole rings is 1. The van der Waals surface area contributed by atoms with E-state index in [1.165, 1.54) is 28.7 Å². The van der Waals surface area contributed by atoms with Crippen LogP contribution in [-0.4, -0.2) is 26.1 Å². The Morgan fingerprint density at radius 1 is 1.17 bits per heavy atom. The Labute approximate surface area is 177 Å². The molecule has 0 saturated heterocycles. The number of carbonyl (C=O) groups is 1. The number of hydrogen-bond acceptors (Lipinski definition) is 6. The van der Waals surface area contributed by atoms with Gasteiger partial charge in [0, 0.05) is 16.8 Å². The van der Waals surface area contributed by atoms with Crippen LogP contribution in [0.5, 0.6) is 0 Å². The van der Waals surface area contributed by atoms with E-state index in [1.54, 1.807) is 0 Å². The maximum absolute atomic E-state index is 12.8. The summed E-state index contributed by atoms with van der Waals surface area (Å²) in [7, 11) is 0. The fraction of sp³-hybridized carbons (Fsp3) is 0.182. The van der Waals surface area contributed by atoms with Gasteiger partial charge in [0.2, 0.25) is 0 Å². The van der Waals surface area contributed by atoms with Crippen LogP contribution in [0.1, 0.15) is 22.2 Å². The molecule has 0 amide bonds. The van der Waals surface area contributed by atoms with Crippen LogP contribution in [-0.2, 0) is 4.79 Å². The number of imidazole rings is 1. The summed E-state index contributed by atoms with van der Waals surface area (Å²) in [5.74, 6) is -0.834. The van der Waals surface area contributed by atoms with E-state index in [0.717, 1.165) is 27.6 Å². The van der Waals surface area contributed by atoms with E-state index in [2.05, 4.69) is 27.8 Å². The highest BCUT2D eigenvalue weighted by Crippen LogP contribution is 2.30. The maximum atomic E-state index is 12.8. The molecule has 7 heteroatoms. The monoisotopic (exact) mass is 418 g/mol. The van der Waals surface area contributed by atoms with E-state index in [1.807, 2.05) is 55.6 Å². The van der Waals surface area contributed by atoms with Crippen molar-refractivity contribution in [3.8, 4) is 11.8 Å². The molecule has 0 saturated carbocycles. The van der Waals surface area contributed by atoms with Crippen LogP contribution in [0.15, 0.2) is 59.1 Å². The smallest absolute Gasteiger partial charge is 0.174 e. The van der Waals surface area contributed by atoms with Crippen molar-refractivity contribution in [1.29, 1.82) is 5.26 Å². The molecule has 0 spiro atoms. The van der Waals surface area contributed by atoms with Gasteiger partial charge in [-0.3, -0.25) is 9.36 Å². The number of nitriles is 1. The highest BCUT2D eigenvalue weighted by molar-refractivity contribution is 7.99. The van der Waals surface area contributed by atoms with Crippen LogP contribution in [0, 0.1) is 25.2 Å². The van der Waals surface area contributed by atoms with Gasteiger partial charge in [0.25, 0.3) is 0 Å². The van der Waals surface area contributed by atoms with Gasteiger partial charge in [-0.15, -0.1) is 11.3 Å². The minimum atomic E-state index is -0.835. The highest BCUT2D eigenvalue weighted by Gasteiger charge is 2.24. The molecule has 0 bridgehead atoms. The van der Waals surface area contributed by atoms with Gasteiger partial charge in [0.15, 0.2) is 16.9 Å². The molecule has 0 radical (unpaired) electrons. The quantitative estimate of drug-likeness (QED) is 0.409. The van der Waals surface area contributed by atoms with Crippen molar-refractivity contribution in [3.05, 3.63) is 70.2 Å². The van der Waals surface area contributed by atoms with E-state index in [-0.39, 0.29) is 11.5 Å². The topological polar surface area (TPSA) is 71.6 Å². The van der Waals surface area contributed by atoms with E-state index < -0.39 is 5.92 Å². The van der Waals surface area contributed by atoms with Crippen molar-refractivity contribution in [2.45, 2.75) is 24.9 Å². The third-order valence-electron chi connectivity index (χ3n) is 4.50. The number of Topliss-reactive ketones (excluding diaryl/α,β-unsaturated/α-hetero) is 1. The Kier molecular flexibility index (Phi) is 5.47. The number of aromatic nitrogens is 3. The molecular weight excluding hydrogens is 400 g/mol. The van der Waals surface area contributed by atoms with Crippen LogP contribution in [0.3, 0.4) is 0 Å². The predicted octanol–water partition coefficient (Wildman–Crippen LogP) is 5.07. The summed E-state index contributed by atoms with van der Waals surface area (Å²) >= 11 is 2.71. The first-order valence-electron chi connectivity index (χ1n) is 9.08. The standard InChI is InChI=1S/C22H18N4OS2/c1-14-7-9-16(10-8-14)26-19-6-4-3-5-18(19)25-22(26)29-13-20(27)17(11-23)21-24-15(2)12-28-21/h3-10,12,17H,13H2,1-2H3. The third kappa shape index (κ3) is 3.95. The predicted molar refractivity (Wildman–Crippen MR) is 117 cm³/mol. The molecule has 0 aliphatic rings. The number of fused-ring (bicyclic) bond motifs is 1. The number of ketones is 1. The number of nitrogens with zero attached hydrogens (tertiary/aromatic N) is 4. The van der Waals surface area contributed by atoms with Crippen molar-refractivity contribution in [2.75, 3.05) is 5.75 Å². The molecule has 0 aliphatic heterocycles. The van der Waals surface area contributed by atoms with Gasteiger partial charge in [-0.1, -0.05) is 41.6 Å². The van der Waals surface area contributed by atoms with Gasteiger partial charge >= 0.3 is 0 Å². The van der Waals surface area contributed by atoms with Crippen molar-refractivity contribution in [2.24, 2.45) is 0 Å².